The van der Waals surface area contributed by atoms with Crippen LogP contribution in [0.1, 0.15) is 35.8 Å². The number of Topliss-reactive ketones (excluding diaryl/α,β-unsaturated/α-hetero) is 1. The van der Waals surface area contributed by atoms with Crippen molar-refractivity contribution >= 4 is 38.8 Å². The number of fused-ring (bicyclic) bond motifs is 1. The van der Waals surface area contributed by atoms with Gasteiger partial charge in [-0.2, -0.15) is 4.52 Å². The molecule has 2 aromatic heterocycles. The number of ketones is 1. The molecule has 0 radical (unpaired) electrons. The fourth-order valence-corrected chi connectivity index (χ4v) is 4.41. The third-order valence-electron chi connectivity index (χ3n) is 5.06. The molecule has 1 fully saturated rings. The molecule has 0 spiro atoms. The molecule has 4 rings (SSSR count). The van der Waals surface area contributed by atoms with Crippen LogP contribution in [-0.4, -0.2) is 39.4 Å². The summed E-state index contributed by atoms with van der Waals surface area (Å²) in [6, 6.07) is 8.39. The highest BCUT2D eigenvalue weighted by Gasteiger charge is 2.27. The van der Waals surface area contributed by atoms with Crippen molar-refractivity contribution < 1.29 is 9.59 Å². The van der Waals surface area contributed by atoms with Gasteiger partial charge in [-0.25, -0.2) is 4.98 Å². The molecule has 9 heteroatoms. The van der Waals surface area contributed by atoms with Crippen LogP contribution >= 0.6 is 11.3 Å². The number of carbonyl (C=O) groups is 2. The van der Waals surface area contributed by atoms with Crippen LogP contribution in [0.15, 0.2) is 35.1 Å². The molecule has 0 bridgehead atoms. The van der Waals surface area contributed by atoms with Crippen LogP contribution in [0.3, 0.4) is 0 Å². The standard InChI is InChI=1S/C20H21N5O3S/c1-12-11-17(27)25-19(21-12)29-20(23-25)24-9-7-15(8-10-24)18(28)22-16-5-3-14(4-6-16)13(2)26/h3-6,11,15H,7-10H2,1-2H3,(H,22,28). The highest BCUT2D eigenvalue weighted by atomic mass is 32.1. The summed E-state index contributed by atoms with van der Waals surface area (Å²) in [6.45, 7) is 4.68. The van der Waals surface area contributed by atoms with E-state index in [2.05, 4.69) is 20.3 Å². The summed E-state index contributed by atoms with van der Waals surface area (Å²) < 4.78 is 1.33. The predicted octanol–water partition coefficient (Wildman–Crippen LogP) is 2.52. The lowest BCUT2D eigenvalue weighted by Crippen LogP contribution is -2.38. The molecule has 150 valence electrons. The summed E-state index contributed by atoms with van der Waals surface area (Å²) in [4.78, 5) is 43.0. The minimum absolute atomic E-state index is 0.00211. The van der Waals surface area contributed by atoms with E-state index in [9.17, 15) is 14.4 Å². The van der Waals surface area contributed by atoms with Crippen molar-refractivity contribution in [3.8, 4) is 0 Å². The van der Waals surface area contributed by atoms with E-state index in [1.165, 1.54) is 28.8 Å². The molecule has 1 N–H and O–H groups in total. The average molecular weight is 411 g/mol. The van der Waals surface area contributed by atoms with Crippen LogP contribution in [-0.2, 0) is 4.79 Å². The number of nitrogens with one attached hydrogen (secondary N) is 1. The predicted molar refractivity (Wildman–Crippen MR) is 112 cm³/mol. The lowest BCUT2D eigenvalue weighted by Gasteiger charge is -2.30. The van der Waals surface area contributed by atoms with Gasteiger partial charge in [0.05, 0.1) is 0 Å². The first-order valence-corrected chi connectivity index (χ1v) is 10.3. The van der Waals surface area contributed by atoms with Crippen molar-refractivity contribution in [2.75, 3.05) is 23.3 Å². The van der Waals surface area contributed by atoms with E-state index in [-0.39, 0.29) is 23.2 Å². The van der Waals surface area contributed by atoms with E-state index in [1.54, 1.807) is 31.2 Å². The summed E-state index contributed by atoms with van der Waals surface area (Å²) in [5, 5.41) is 8.07. The summed E-state index contributed by atoms with van der Waals surface area (Å²) in [5.41, 5.74) is 1.81. The van der Waals surface area contributed by atoms with Crippen molar-refractivity contribution in [1.82, 2.24) is 14.6 Å². The van der Waals surface area contributed by atoms with Gasteiger partial charge in [-0.05, 0) is 51.0 Å². The molecule has 0 unspecified atom stereocenters. The second kappa shape index (κ2) is 7.75. The number of hydrogen-bond acceptors (Lipinski definition) is 7. The minimum atomic E-state index is -0.181. The number of nitrogens with zero attached hydrogens (tertiary/aromatic N) is 4. The molecule has 0 atom stereocenters. The maximum Gasteiger partial charge on any atom is 0.275 e. The molecule has 3 heterocycles. The van der Waals surface area contributed by atoms with Crippen molar-refractivity contribution in [2.24, 2.45) is 5.92 Å². The zero-order valence-corrected chi connectivity index (χ0v) is 17.0. The molecule has 1 aliphatic rings. The molecule has 1 aliphatic heterocycles. The van der Waals surface area contributed by atoms with Crippen molar-refractivity contribution in [3.05, 3.63) is 51.9 Å². The first-order chi connectivity index (χ1) is 13.9. The normalized spacial score (nSPS) is 14.9. The van der Waals surface area contributed by atoms with E-state index in [0.29, 0.717) is 47.8 Å². The highest BCUT2D eigenvalue weighted by Crippen LogP contribution is 2.27. The maximum atomic E-state index is 12.6. The Kier molecular flexibility index (Phi) is 5.14. The third kappa shape index (κ3) is 4.04. The Hall–Kier alpha value is -3.07. The molecule has 8 nitrogen and oxygen atoms in total. The number of anilines is 2. The number of piperidine rings is 1. The number of hydrogen-bond donors (Lipinski definition) is 1. The van der Waals surface area contributed by atoms with Crippen LogP contribution in [0.4, 0.5) is 10.8 Å². The number of benzene rings is 1. The Bertz CT molecular complexity index is 1130. The van der Waals surface area contributed by atoms with E-state index in [1.807, 2.05) is 0 Å². The Morgan fingerprint density at radius 2 is 1.86 bits per heavy atom. The first kappa shape index (κ1) is 19.3. The van der Waals surface area contributed by atoms with Crippen molar-refractivity contribution in [3.63, 3.8) is 0 Å². The van der Waals surface area contributed by atoms with Crippen molar-refractivity contribution in [1.29, 1.82) is 0 Å². The van der Waals surface area contributed by atoms with Gasteiger partial charge in [0.25, 0.3) is 5.56 Å². The maximum absolute atomic E-state index is 12.6. The van der Waals surface area contributed by atoms with Crippen molar-refractivity contribution in [2.45, 2.75) is 26.7 Å². The van der Waals surface area contributed by atoms with E-state index < -0.39 is 0 Å². The topological polar surface area (TPSA) is 96.7 Å². The van der Waals surface area contributed by atoms with Crippen LogP contribution in [0.25, 0.3) is 4.96 Å². The Labute approximate surface area is 171 Å². The number of amides is 1. The summed E-state index contributed by atoms with van der Waals surface area (Å²) in [5.74, 6) is -0.105. The Morgan fingerprint density at radius 1 is 1.17 bits per heavy atom. The molecule has 0 aliphatic carbocycles. The quantitative estimate of drug-likeness (QED) is 0.663. The SMILES string of the molecule is CC(=O)c1ccc(NC(=O)C2CCN(c3nn4c(=O)cc(C)nc4s3)CC2)cc1. The summed E-state index contributed by atoms with van der Waals surface area (Å²) >= 11 is 1.39. The average Bonchev–Trinajstić information content (AvgIpc) is 3.13. The van der Waals surface area contributed by atoms with Gasteiger partial charge < -0.3 is 10.2 Å². The van der Waals surface area contributed by atoms with Crippen LogP contribution in [0.5, 0.6) is 0 Å². The molecule has 0 saturated carbocycles. The smallest absolute Gasteiger partial charge is 0.275 e. The van der Waals surface area contributed by atoms with Crippen LogP contribution in [0.2, 0.25) is 0 Å². The lowest BCUT2D eigenvalue weighted by molar-refractivity contribution is -0.120. The van der Waals surface area contributed by atoms with E-state index in [0.717, 1.165) is 5.13 Å². The number of rotatable bonds is 4. The molecule has 1 amide bonds. The fourth-order valence-electron chi connectivity index (χ4n) is 3.40. The molecule has 3 aromatic rings. The molecule has 1 aromatic carbocycles. The highest BCUT2D eigenvalue weighted by molar-refractivity contribution is 7.20. The molecular formula is C20H21N5O3S. The zero-order chi connectivity index (χ0) is 20.5. The fraction of sp³-hybridized carbons (Fsp3) is 0.350. The first-order valence-electron chi connectivity index (χ1n) is 9.45. The van der Waals surface area contributed by atoms with Gasteiger partial charge in [-0.3, -0.25) is 14.4 Å². The van der Waals surface area contributed by atoms with Gasteiger partial charge in [0.1, 0.15) is 0 Å². The monoisotopic (exact) mass is 411 g/mol. The van der Waals surface area contributed by atoms with Gasteiger partial charge in [0.2, 0.25) is 16.0 Å². The van der Waals surface area contributed by atoms with E-state index >= 15 is 0 Å². The number of aromatic nitrogens is 3. The molecular weight excluding hydrogens is 390 g/mol. The minimum Gasteiger partial charge on any atom is -0.347 e. The largest absolute Gasteiger partial charge is 0.347 e. The summed E-state index contributed by atoms with van der Waals surface area (Å²) in [7, 11) is 0. The number of aryl methyl sites for hydroxylation is 1. The molecule has 1 saturated heterocycles. The second-order valence-electron chi connectivity index (χ2n) is 7.20. The zero-order valence-electron chi connectivity index (χ0n) is 16.2. The number of carbonyl (C=O) groups excluding carboxylic acids is 2. The Morgan fingerprint density at radius 3 is 2.52 bits per heavy atom. The summed E-state index contributed by atoms with van der Waals surface area (Å²) in [6.07, 6.45) is 1.41. The third-order valence-corrected chi connectivity index (χ3v) is 6.03. The molecule has 29 heavy (non-hydrogen) atoms. The van der Waals surface area contributed by atoms with Gasteiger partial charge >= 0.3 is 0 Å². The second-order valence-corrected chi connectivity index (χ2v) is 8.13. The van der Waals surface area contributed by atoms with Gasteiger partial charge in [-0.1, -0.05) is 11.3 Å². The van der Waals surface area contributed by atoms with Crippen LogP contribution < -0.4 is 15.8 Å². The van der Waals surface area contributed by atoms with Gasteiger partial charge in [-0.15, -0.1) is 5.10 Å². The van der Waals surface area contributed by atoms with E-state index in [4.69, 9.17) is 0 Å². The lowest BCUT2D eigenvalue weighted by atomic mass is 9.96. The van der Waals surface area contributed by atoms with Gasteiger partial charge in [0, 0.05) is 42.0 Å². The Balaban J connectivity index is 1.39. The van der Waals surface area contributed by atoms with Gasteiger partial charge in [0.15, 0.2) is 5.78 Å². The van der Waals surface area contributed by atoms with Crippen LogP contribution in [0, 0.1) is 12.8 Å².